The lowest BCUT2D eigenvalue weighted by atomic mass is 9.81. The van der Waals surface area contributed by atoms with E-state index in [9.17, 15) is 9.59 Å². The highest BCUT2D eigenvalue weighted by molar-refractivity contribution is 5.92. The van der Waals surface area contributed by atoms with Crippen LogP contribution in [-0.2, 0) is 9.59 Å². The molecule has 0 atom stereocenters. The van der Waals surface area contributed by atoms with Crippen molar-refractivity contribution < 1.29 is 14.7 Å². The summed E-state index contributed by atoms with van der Waals surface area (Å²) in [6.45, 7) is 1.92. The molecule has 1 aliphatic carbocycles. The van der Waals surface area contributed by atoms with E-state index in [1.165, 1.54) is 0 Å². The zero-order valence-corrected chi connectivity index (χ0v) is 14.1. The first-order chi connectivity index (χ1) is 12.0. The Kier molecular flexibility index (Phi) is 5.07. The Morgan fingerprint density at radius 2 is 1.68 bits per heavy atom. The number of carboxylic acid groups (broad SMARTS) is 1. The number of aliphatic carboxylic acids is 1. The summed E-state index contributed by atoms with van der Waals surface area (Å²) in [7, 11) is 0. The number of hydrogen-bond donors (Lipinski definition) is 2. The normalized spacial score (nSPS) is 20.0. The fourth-order valence-corrected chi connectivity index (χ4v) is 3.14. The van der Waals surface area contributed by atoms with Crippen LogP contribution in [0.4, 0.5) is 5.69 Å². The summed E-state index contributed by atoms with van der Waals surface area (Å²) in [6, 6.07) is 9.28. The zero-order valence-electron chi connectivity index (χ0n) is 14.1. The Hall–Kier alpha value is -2.76. The van der Waals surface area contributed by atoms with E-state index in [0.717, 1.165) is 16.9 Å². The number of benzene rings is 1. The second-order valence-corrected chi connectivity index (χ2v) is 6.48. The summed E-state index contributed by atoms with van der Waals surface area (Å²) in [5.74, 6) is -0.561. The van der Waals surface area contributed by atoms with Crippen LogP contribution in [0, 0.1) is 18.8 Å². The number of aromatic nitrogens is 2. The quantitative estimate of drug-likeness (QED) is 0.892. The Balaban J connectivity index is 1.60. The van der Waals surface area contributed by atoms with Gasteiger partial charge in [0.25, 0.3) is 0 Å². The monoisotopic (exact) mass is 339 g/mol. The van der Waals surface area contributed by atoms with Crippen LogP contribution in [0.3, 0.4) is 0 Å². The van der Waals surface area contributed by atoms with Crippen LogP contribution < -0.4 is 5.32 Å². The number of aryl methyl sites for hydroxylation is 1. The maximum absolute atomic E-state index is 12.4. The predicted octanol–water partition coefficient (Wildman–Crippen LogP) is 3.28. The van der Waals surface area contributed by atoms with Gasteiger partial charge in [0.05, 0.1) is 5.92 Å². The molecular formula is C19H21N3O3. The largest absolute Gasteiger partial charge is 0.481 e. The summed E-state index contributed by atoms with van der Waals surface area (Å²) in [5.41, 5.74) is 2.52. The lowest BCUT2D eigenvalue weighted by Crippen LogP contribution is -2.29. The van der Waals surface area contributed by atoms with E-state index in [1.807, 2.05) is 37.3 Å². The fraction of sp³-hybridized carbons (Fsp3) is 0.368. The van der Waals surface area contributed by atoms with Gasteiger partial charge in [-0.05, 0) is 62.9 Å². The van der Waals surface area contributed by atoms with Gasteiger partial charge in [-0.2, -0.15) is 0 Å². The van der Waals surface area contributed by atoms with Crippen molar-refractivity contribution in [1.82, 2.24) is 9.97 Å². The number of anilines is 1. The second kappa shape index (κ2) is 7.42. The zero-order chi connectivity index (χ0) is 17.8. The molecule has 1 amide bonds. The maximum atomic E-state index is 12.4. The van der Waals surface area contributed by atoms with Gasteiger partial charge in [-0.25, -0.2) is 9.97 Å². The Bertz CT molecular complexity index is 766. The van der Waals surface area contributed by atoms with E-state index < -0.39 is 5.97 Å². The molecule has 6 heteroatoms. The number of carbonyl (C=O) groups is 2. The van der Waals surface area contributed by atoms with Gasteiger partial charge in [0.15, 0.2) is 5.82 Å². The minimum Gasteiger partial charge on any atom is -0.481 e. The van der Waals surface area contributed by atoms with E-state index in [2.05, 4.69) is 15.3 Å². The van der Waals surface area contributed by atoms with Crippen molar-refractivity contribution in [2.24, 2.45) is 11.8 Å². The molecular weight excluding hydrogens is 318 g/mol. The minimum atomic E-state index is -0.757. The standard InChI is InChI=1S/C19H21N3O3/c1-12-10-11-20-17(21-12)13-6-8-16(9-7-13)22-18(23)14-2-4-15(5-3-14)19(24)25/h6-11,14-15H,2-5H2,1H3,(H,22,23)(H,24,25). The molecule has 0 bridgehead atoms. The fourth-order valence-electron chi connectivity index (χ4n) is 3.14. The SMILES string of the molecule is Cc1ccnc(-c2ccc(NC(=O)C3CCC(C(=O)O)CC3)cc2)n1. The van der Waals surface area contributed by atoms with Crippen molar-refractivity contribution in [3.8, 4) is 11.4 Å². The highest BCUT2D eigenvalue weighted by Gasteiger charge is 2.29. The molecule has 1 heterocycles. The molecule has 130 valence electrons. The molecule has 2 N–H and O–H groups in total. The molecule has 6 nitrogen and oxygen atoms in total. The third-order valence-electron chi connectivity index (χ3n) is 4.65. The van der Waals surface area contributed by atoms with Crippen LogP contribution in [0.25, 0.3) is 11.4 Å². The molecule has 0 unspecified atom stereocenters. The number of carboxylic acids is 1. The first-order valence-corrected chi connectivity index (χ1v) is 8.46. The van der Waals surface area contributed by atoms with E-state index in [-0.39, 0.29) is 17.7 Å². The van der Waals surface area contributed by atoms with Gasteiger partial charge in [-0.1, -0.05) is 0 Å². The highest BCUT2D eigenvalue weighted by Crippen LogP contribution is 2.30. The Labute approximate surface area is 146 Å². The van der Waals surface area contributed by atoms with Crippen LogP contribution >= 0.6 is 0 Å². The molecule has 3 rings (SSSR count). The number of hydrogen-bond acceptors (Lipinski definition) is 4. The summed E-state index contributed by atoms with van der Waals surface area (Å²) >= 11 is 0. The van der Waals surface area contributed by atoms with Crippen LogP contribution in [0.5, 0.6) is 0 Å². The molecule has 0 saturated heterocycles. The number of carbonyl (C=O) groups excluding carboxylic acids is 1. The van der Waals surface area contributed by atoms with Gasteiger partial charge in [-0.15, -0.1) is 0 Å². The second-order valence-electron chi connectivity index (χ2n) is 6.48. The third kappa shape index (κ3) is 4.21. The molecule has 1 fully saturated rings. The molecule has 2 aromatic rings. The molecule has 1 aromatic carbocycles. The predicted molar refractivity (Wildman–Crippen MR) is 93.9 cm³/mol. The van der Waals surface area contributed by atoms with Gasteiger partial charge in [0, 0.05) is 29.1 Å². The molecule has 0 spiro atoms. The summed E-state index contributed by atoms with van der Waals surface area (Å²) in [6.07, 6.45) is 4.10. The van der Waals surface area contributed by atoms with E-state index in [1.54, 1.807) is 6.20 Å². The number of nitrogens with one attached hydrogen (secondary N) is 1. The Morgan fingerprint density at radius 3 is 2.28 bits per heavy atom. The topological polar surface area (TPSA) is 92.2 Å². The number of amides is 1. The lowest BCUT2D eigenvalue weighted by Gasteiger charge is -2.25. The van der Waals surface area contributed by atoms with E-state index in [0.29, 0.717) is 31.5 Å². The molecule has 0 aliphatic heterocycles. The third-order valence-corrected chi connectivity index (χ3v) is 4.65. The molecule has 0 radical (unpaired) electrons. The first-order valence-electron chi connectivity index (χ1n) is 8.46. The van der Waals surface area contributed by atoms with Crippen molar-refractivity contribution in [1.29, 1.82) is 0 Å². The van der Waals surface area contributed by atoms with Gasteiger partial charge in [-0.3, -0.25) is 9.59 Å². The van der Waals surface area contributed by atoms with Gasteiger partial charge in [0.1, 0.15) is 0 Å². The van der Waals surface area contributed by atoms with Gasteiger partial charge < -0.3 is 10.4 Å². The summed E-state index contributed by atoms with van der Waals surface area (Å²) in [5, 5.41) is 11.9. The maximum Gasteiger partial charge on any atom is 0.306 e. The summed E-state index contributed by atoms with van der Waals surface area (Å²) in [4.78, 5) is 32.0. The minimum absolute atomic E-state index is 0.0385. The average Bonchev–Trinajstić information content (AvgIpc) is 2.62. The van der Waals surface area contributed by atoms with Gasteiger partial charge >= 0.3 is 5.97 Å². The van der Waals surface area contributed by atoms with Crippen molar-refractivity contribution >= 4 is 17.6 Å². The van der Waals surface area contributed by atoms with Crippen molar-refractivity contribution in [3.05, 3.63) is 42.2 Å². The lowest BCUT2D eigenvalue weighted by molar-refractivity contribution is -0.143. The molecule has 1 aliphatic rings. The smallest absolute Gasteiger partial charge is 0.306 e. The van der Waals surface area contributed by atoms with Crippen molar-refractivity contribution in [2.45, 2.75) is 32.6 Å². The van der Waals surface area contributed by atoms with E-state index >= 15 is 0 Å². The van der Waals surface area contributed by atoms with Crippen molar-refractivity contribution in [3.63, 3.8) is 0 Å². The van der Waals surface area contributed by atoms with E-state index in [4.69, 9.17) is 5.11 Å². The number of nitrogens with zero attached hydrogens (tertiary/aromatic N) is 2. The summed E-state index contributed by atoms with van der Waals surface area (Å²) < 4.78 is 0. The van der Waals surface area contributed by atoms with Crippen LogP contribution in [0.2, 0.25) is 0 Å². The molecule has 1 aromatic heterocycles. The molecule has 25 heavy (non-hydrogen) atoms. The highest BCUT2D eigenvalue weighted by atomic mass is 16.4. The molecule has 1 saturated carbocycles. The first kappa shape index (κ1) is 17.1. The number of rotatable bonds is 4. The van der Waals surface area contributed by atoms with Gasteiger partial charge in [0.2, 0.25) is 5.91 Å². The van der Waals surface area contributed by atoms with Crippen molar-refractivity contribution in [2.75, 3.05) is 5.32 Å². The van der Waals surface area contributed by atoms with Crippen LogP contribution in [0.1, 0.15) is 31.4 Å². The van der Waals surface area contributed by atoms with Crippen LogP contribution in [-0.4, -0.2) is 27.0 Å². The Morgan fingerprint density at radius 1 is 1.04 bits per heavy atom. The van der Waals surface area contributed by atoms with Crippen LogP contribution in [0.15, 0.2) is 36.5 Å². The average molecular weight is 339 g/mol.